The van der Waals surface area contributed by atoms with Gasteiger partial charge in [-0.2, -0.15) is 0 Å². The van der Waals surface area contributed by atoms with Gasteiger partial charge in [0.25, 0.3) is 0 Å². The fourth-order valence-corrected chi connectivity index (χ4v) is 1.26. The van der Waals surface area contributed by atoms with Crippen LogP contribution in [0.5, 0.6) is 0 Å². The van der Waals surface area contributed by atoms with Gasteiger partial charge in [-0.15, -0.1) is 0 Å². The Kier molecular flexibility index (Phi) is 1.48. The summed E-state index contributed by atoms with van der Waals surface area (Å²) in [5.74, 6) is -0.973. The van der Waals surface area contributed by atoms with Gasteiger partial charge in [-0.25, -0.2) is 0 Å². The third-order valence-electron chi connectivity index (χ3n) is 1.89. The molecule has 1 aliphatic carbocycles. The lowest BCUT2D eigenvalue weighted by molar-refractivity contribution is 0.0983. The van der Waals surface area contributed by atoms with E-state index < -0.39 is 11.6 Å². The fourth-order valence-electron chi connectivity index (χ4n) is 1.26. The molecular weight excluding hydrogens is 170 g/mol. The molecule has 0 aliphatic heterocycles. The summed E-state index contributed by atoms with van der Waals surface area (Å²) in [5, 5.41) is 8.65. The third-order valence-corrected chi connectivity index (χ3v) is 1.89. The molecule has 1 heterocycles. The number of fused-ring (bicyclic) bond motifs is 1. The van der Waals surface area contributed by atoms with E-state index in [2.05, 4.69) is 4.98 Å². The zero-order valence-corrected chi connectivity index (χ0v) is 6.52. The Hall–Kier alpha value is -1.97. The first-order valence-corrected chi connectivity index (χ1v) is 3.64. The Balaban J connectivity index is 2.71. The van der Waals surface area contributed by atoms with E-state index in [1.165, 1.54) is 12.3 Å². The molecule has 0 spiro atoms. The van der Waals surface area contributed by atoms with Crippen LogP contribution < -0.4 is 0 Å². The van der Waals surface area contributed by atoms with Crippen LogP contribution in [0.4, 0.5) is 0 Å². The number of hydrogen-bond acceptors (Lipinski definition) is 4. The number of rotatable bonds is 0. The highest BCUT2D eigenvalue weighted by Gasteiger charge is 2.34. The van der Waals surface area contributed by atoms with Gasteiger partial charge < -0.3 is 5.11 Å². The van der Waals surface area contributed by atoms with Crippen LogP contribution in [0.3, 0.4) is 0 Å². The van der Waals surface area contributed by atoms with Gasteiger partial charge in [-0.05, 0) is 12.1 Å². The number of Topliss-reactive ketones (excluding diaryl/α,β-unsaturated/α-hetero) is 2. The number of carbonyl (C=O) groups excluding carboxylic acids is 2. The van der Waals surface area contributed by atoms with Crippen LogP contribution in [-0.2, 0) is 0 Å². The van der Waals surface area contributed by atoms with Crippen molar-refractivity contribution >= 4 is 11.6 Å². The van der Waals surface area contributed by atoms with Crippen molar-refractivity contribution in [2.24, 2.45) is 0 Å². The lowest BCUT2D eigenvalue weighted by atomic mass is 10.2. The highest BCUT2D eigenvalue weighted by molar-refractivity contribution is 6.38. The molecule has 0 unspecified atom stereocenters. The first-order valence-electron chi connectivity index (χ1n) is 3.64. The monoisotopic (exact) mass is 175 g/mol. The normalized spacial score (nSPS) is 18.0. The fraction of sp³-hybridized carbons (Fsp3) is 0. The van der Waals surface area contributed by atoms with Crippen LogP contribution in [0.15, 0.2) is 30.2 Å². The largest absolute Gasteiger partial charge is 0.515 e. The van der Waals surface area contributed by atoms with Crippen LogP contribution in [0.2, 0.25) is 0 Å². The first-order chi connectivity index (χ1) is 6.25. The number of ketones is 2. The minimum atomic E-state index is -0.511. The van der Waals surface area contributed by atoms with Crippen LogP contribution in [0.25, 0.3) is 0 Å². The summed E-state index contributed by atoms with van der Waals surface area (Å²) in [6.45, 7) is 0. The van der Waals surface area contributed by atoms with Gasteiger partial charge in [0.05, 0.1) is 11.8 Å². The minimum Gasteiger partial charge on any atom is -0.515 e. The molecule has 4 heteroatoms. The molecule has 0 radical (unpaired) electrons. The first kappa shape index (κ1) is 7.67. The highest BCUT2D eigenvalue weighted by Crippen LogP contribution is 2.23. The smallest absolute Gasteiger partial charge is 0.219 e. The molecule has 64 valence electrons. The number of pyridine rings is 1. The van der Waals surface area contributed by atoms with E-state index in [4.69, 9.17) is 5.11 Å². The summed E-state index contributed by atoms with van der Waals surface area (Å²) in [6.07, 6.45) is 1.97. The van der Waals surface area contributed by atoms with E-state index >= 15 is 0 Å². The summed E-state index contributed by atoms with van der Waals surface area (Å²) < 4.78 is 0. The molecule has 0 aromatic carbocycles. The lowest BCUT2D eigenvalue weighted by Gasteiger charge is -1.89. The van der Waals surface area contributed by atoms with Gasteiger partial charge in [0.15, 0.2) is 0 Å². The Morgan fingerprint density at radius 1 is 1.31 bits per heavy atom. The van der Waals surface area contributed by atoms with E-state index in [9.17, 15) is 9.59 Å². The van der Waals surface area contributed by atoms with E-state index in [0.717, 1.165) is 0 Å². The lowest BCUT2D eigenvalue weighted by Crippen LogP contribution is -2.00. The molecule has 2 rings (SSSR count). The Labute approximate surface area is 73.5 Å². The van der Waals surface area contributed by atoms with Gasteiger partial charge >= 0.3 is 0 Å². The quantitative estimate of drug-likeness (QED) is 0.361. The van der Waals surface area contributed by atoms with E-state index in [1.807, 2.05) is 0 Å². The molecule has 0 fully saturated rings. The predicted octanol–water partition coefficient (Wildman–Crippen LogP) is 0.902. The van der Waals surface area contributed by atoms with Gasteiger partial charge in [0.2, 0.25) is 11.6 Å². The number of aliphatic hydroxyl groups is 1. The summed E-state index contributed by atoms with van der Waals surface area (Å²) in [7, 11) is 0. The Morgan fingerprint density at radius 2 is 2.08 bits per heavy atom. The van der Waals surface area contributed by atoms with Crippen LogP contribution in [0, 0.1) is 0 Å². The van der Waals surface area contributed by atoms with Crippen LogP contribution in [-0.4, -0.2) is 21.7 Å². The van der Waals surface area contributed by atoms with Crippen molar-refractivity contribution < 1.29 is 14.7 Å². The number of aromatic nitrogens is 1. The summed E-state index contributed by atoms with van der Waals surface area (Å²) in [6, 6.07) is 3.09. The highest BCUT2D eigenvalue weighted by atomic mass is 16.2. The molecule has 0 saturated carbocycles. The Morgan fingerprint density at radius 3 is 2.69 bits per heavy atom. The second-order valence-corrected chi connectivity index (χ2v) is 2.60. The number of aliphatic hydroxyl groups excluding tert-OH is 1. The van der Waals surface area contributed by atoms with Crippen LogP contribution >= 0.6 is 0 Å². The number of carbonyl (C=O) groups is 2. The average molecular weight is 175 g/mol. The maximum atomic E-state index is 11.3. The number of nitrogens with zero attached hydrogens (tertiary/aromatic N) is 1. The maximum Gasteiger partial charge on any atom is 0.219 e. The van der Waals surface area contributed by atoms with Crippen molar-refractivity contribution in [3.8, 4) is 0 Å². The summed E-state index contributed by atoms with van der Waals surface area (Å²) in [4.78, 5) is 26.4. The van der Waals surface area contributed by atoms with Gasteiger partial charge in [-0.1, -0.05) is 0 Å². The Bertz CT molecular complexity index is 397. The second-order valence-electron chi connectivity index (χ2n) is 2.60. The molecule has 1 aliphatic rings. The van der Waals surface area contributed by atoms with Crippen molar-refractivity contribution in [1.82, 2.24) is 4.98 Å². The van der Waals surface area contributed by atoms with E-state index in [1.54, 1.807) is 6.07 Å². The molecule has 0 saturated heterocycles. The van der Waals surface area contributed by atoms with Crippen molar-refractivity contribution in [3.63, 3.8) is 0 Å². The number of hydrogen-bond donors (Lipinski definition) is 1. The maximum absolute atomic E-state index is 11.3. The molecule has 13 heavy (non-hydrogen) atoms. The molecular formula is C9H5NO3. The number of allylic oxidation sites excluding steroid dienone is 1. The molecule has 1 aromatic rings. The van der Waals surface area contributed by atoms with Crippen molar-refractivity contribution in [2.75, 3.05) is 0 Å². The second kappa shape index (κ2) is 2.52. The molecule has 0 amide bonds. The molecule has 4 nitrogen and oxygen atoms in total. The summed E-state index contributed by atoms with van der Waals surface area (Å²) in [5.41, 5.74) is 0.161. The average Bonchev–Trinajstić information content (AvgIpc) is 2.41. The van der Waals surface area contributed by atoms with Crippen molar-refractivity contribution in [2.45, 2.75) is 0 Å². The van der Waals surface area contributed by atoms with Gasteiger partial charge in [0.1, 0.15) is 11.3 Å². The molecule has 0 atom stereocenters. The minimum absolute atomic E-state index is 0.118. The topological polar surface area (TPSA) is 67.3 Å². The zero-order valence-electron chi connectivity index (χ0n) is 6.52. The zero-order chi connectivity index (χ0) is 9.42. The van der Waals surface area contributed by atoms with Crippen LogP contribution in [0.1, 0.15) is 20.8 Å². The standard InChI is InChI=1S/C9H5NO3/c11-4-6-8(12)5-2-1-3-10-7(5)9(6)13/h1-4,11H/b6-4-. The van der Waals surface area contributed by atoms with Gasteiger partial charge in [0, 0.05) is 6.20 Å². The van der Waals surface area contributed by atoms with Gasteiger partial charge in [-0.3, -0.25) is 14.6 Å². The molecule has 1 N–H and O–H groups in total. The molecule has 1 aromatic heterocycles. The third kappa shape index (κ3) is 0.885. The predicted molar refractivity (Wildman–Crippen MR) is 43.6 cm³/mol. The van der Waals surface area contributed by atoms with E-state index in [0.29, 0.717) is 6.26 Å². The SMILES string of the molecule is O=C1/C(=C/O)C(=O)c2ncccc21. The van der Waals surface area contributed by atoms with Crippen molar-refractivity contribution in [3.05, 3.63) is 41.4 Å². The van der Waals surface area contributed by atoms with Crippen molar-refractivity contribution in [1.29, 1.82) is 0 Å². The van der Waals surface area contributed by atoms with E-state index in [-0.39, 0.29) is 16.8 Å². The summed E-state index contributed by atoms with van der Waals surface area (Å²) >= 11 is 0. The molecule has 0 bridgehead atoms.